The molecule has 0 radical (unpaired) electrons. The van der Waals surface area contributed by atoms with Crippen LogP contribution in [0, 0.1) is 0 Å². The van der Waals surface area contributed by atoms with E-state index < -0.39 is 5.79 Å². The quantitative estimate of drug-likeness (QED) is 0.849. The van der Waals surface area contributed by atoms with Gasteiger partial charge in [0.1, 0.15) is 0 Å². The first kappa shape index (κ1) is 16.8. The van der Waals surface area contributed by atoms with Gasteiger partial charge in [0.2, 0.25) is 0 Å². The van der Waals surface area contributed by atoms with Gasteiger partial charge in [0.05, 0.1) is 13.2 Å². The van der Waals surface area contributed by atoms with Gasteiger partial charge >= 0.3 is 6.03 Å². The molecule has 5 nitrogen and oxygen atoms in total. The van der Waals surface area contributed by atoms with Gasteiger partial charge in [0.15, 0.2) is 5.79 Å². The minimum atomic E-state index is -0.559. The number of hydrogen-bond donors (Lipinski definition) is 2. The van der Waals surface area contributed by atoms with Crippen LogP contribution in [0.1, 0.15) is 38.7 Å². The van der Waals surface area contributed by atoms with E-state index in [0.717, 1.165) is 0 Å². The van der Waals surface area contributed by atoms with Crippen LogP contribution in [0.2, 0.25) is 0 Å². The Morgan fingerprint density at radius 1 is 1.23 bits per heavy atom. The monoisotopic (exact) mass is 306 g/mol. The van der Waals surface area contributed by atoms with Gasteiger partial charge < -0.3 is 20.1 Å². The van der Waals surface area contributed by atoms with Crippen molar-refractivity contribution in [1.82, 2.24) is 10.6 Å². The number of ether oxygens (including phenoxy) is 2. The van der Waals surface area contributed by atoms with Crippen molar-refractivity contribution in [2.24, 2.45) is 0 Å². The van der Waals surface area contributed by atoms with Crippen LogP contribution in [0.25, 0.3) is 0 Å². The maximum absolute atomic E-state index is 12.0. The molecule has 0 bridgehead atoms. The van der Waals surface area contributed by atoms with Crippen LogP contribution >= 0.6 is 0 Å². The molecular formula is C17H26N2O3. The van der Waals surface area contributed by atoms with E-state index in [1.165, 1.54) is 5.56 Å². The van der Waals surface area contributed by atoms with E-state index in [2.05, 4.69) is 29.7 Å². The Hall–Kier alpha value is -1.59. The van der Waals surface area contributed by atoms with E-state index >= 15 is 0 Å². The summed E-state index contributed by atoms with van der Waals surface area (Å²) in [5.41, 5.74) is 1.22. The first-order valence-electron chi connectivity index (χ1n) is 7.87. The zero-order valence-electron chi connectivity index (χ0n) is 13.6. The highest BCUT2D eigenvalue weighted by Gasteiger charge is 2.30. The summed E-state index contributed by atoms with van der Waals surface area (Å²) in [6.07, 6.45) is 0.642. The van der Waals surface area contributed by atoms with Crippen LogP contribution in [-0.4, -0.2) is 37.6 Å². The maximum Gasteiger partial charge on any atom is 0.315 e. The number of nitrogens with one attached hydrogen (secondary N) is 2. The largest absolute Gasteiger partial charge is 0.348 e. The molecule has 2 atom stereocenters. The Kier molecular flexibility index (Phi) is 5.80. The number of benzene rings is 1. The van der Waals surface area contributed by atoms with Crippen LogP contribution < -0.4 is 10.6 Å². The molecule has 0 saturated carbocycles. The lowest BCUT2D eigenvalue weighted by molar-refractivity contribution is -0.145. The van der Waals surface area contributed by atoms with Crippen molar-refractivity contribution >= 4 is 6.03 Å². The molecule has 1 aromatic carbocycles. The topological polar surface area (TPSA) is 59.6 Å². The Balaban J connectivity index is 1.72. The number of hydrogen-bond acceptors (Lipinski definition) is 3. The van der Waals surface area contributed by atoms with Gasteiger partial charge in [0, 0.05) is 24.9 Å². The van der Waals surface area contributed by atoms with Gasteiger partial charge in [-0.05, 0) is 19.4 Å². The number of amides is 2. The van der Waals surface area contributed by atoms with Crippen LogP contribution in [0.4, 0.5) is 4.79 Å². The Bertz CT molecular complexity index is 472. The minimum absolute atomic E-state index is 0.0527. The van der Waals surface area contributed by atoms with E-state index in [0.29, 0.717) is 26.2 Å². The van der Waals surface area contributed by atoms with Gasteiger partial charge in [-0.15, -0.1) is 0 Å². The number of rotatable bonds is 6. The third-order valence-corrected chi connectivity index (χ3v) is 4.20. The second-order valence-corrected chi connectivity index (χ2v) is 5.97. The summed E-state index contributed by atoms with van der Waals surface area (Å²) in [5, 5.41) is 5.85. The molecule has 1 saturated heterocycles. The fourth-order valence-electron chi connectivity index (χ4n) is 2.53. The predicted molar refractivity (Wildman–Crippen MR) is 85.8 cm³/mol. The van der Waals surface area contributed by atoms with E-state index in [1.54, 1.807) is 0 Å². The van der Waals surface area contributed by atoms with Crippen LogP contribution in [0.5, 0.6) is 0 Å². The van der Waals surface area contributed by atoms with E-state index in [-0.39, 0.29) is 18.0 Å². The highest BCUT2D eigenvalue weighted by atomic mass is 16.7. The van der Waals surface area contributed by atoms with E-state index in [4.69, 9.17) is 9.47 Å². The van der Waals surface area contributed by atoms with Crippen LogP contribution in [0.15, 0.2) is 30.3 Å². The van der Waals surface area contributed by atoms with Crippen LogP contribution in [-0.2, 0) is 9.47 Å². The minimum Gasteiger partial charge on any atom is -0.348 e. The fraction of sp³-hybridized carbons (Fsp3) is 0.588. The lowest BCUT2D eigenvalue weighted by Gasteiger charge is -2.24. The second-order valence-electron chi connectivity index (χ2n) is 5.97. The predicted octanol–water partition coefficient (Wildman–Crippen LogP) is 2.63. The first-order chi connectivity index (χ1) is 10.5. The lowest BCUT2D eigenvalue weighted by Crippen LogP contribution is -2.44. The molecule has 5 heteroatoms. The average molecular weight is 306 g/mol. The third kappa shape index (κ3) is 4.71. The summed E-state index contributed by atoms with van der Waals surface area (Å²) in [5.74, 6) is -0.304. The Morgan fingerprint density at radius 3 is 2.50 bits per heavy atom. The highest BCUT2D eigenvalue weighted by molar-refractivity contribution is 5.74. The fourth-order valence-corrected chi connectivity index (χ4v) is 2.53. The molecule has 122 valence electrons. The molecule has 1 aliphatic rings. The zero-order valence-corrected chi connectivity index (χ0v) is 13.6. The summed E-state index contributed by atoms with van der Waals surface area (Å²) in [7, 11) is 0. The zero-order chi connectivity index (χ0) is 16.0. The standard InChI is InChI=1S/C17H26N2O3/c1-13(15-7-5-4-6-8-15)14(2)19-16(20)18-10-9-17(3)21-11-12-22-17/h4-8,13-14H,9-12H2,1-3H3,(H2,18,19,20)/t13-,14-/m0/s1. The highest BCUT2D eigenvalue weighted by Crippen LogP contribution is 2.21. The SMILES string of the molecule is C[C@H](NC(=O)NCCC1(C)OCCO1)[C@H](C)c1ccccc1. The van der Waals surface area contributed by atoms with Gasteiger partial charge in [-0.2, -0.15) is 0 Å². The summed E-state index contributed by atoms with van der Waals surface area (Å²) in [6, 6.07) is 10.1. The van der Waals surface area contributed by atoms with Crippen molar-refractivity contribution in [1.29, 1.82) is 0 Å². The van der Waals surface area contributed by atoms with Crippen molar-refractivity contribution in [3.8, 4) is 0 Å². The number of carbonyl (C=O) groups excluding carboxylic acids is 1. The molecule has 0 aromatic heterocycles. The normalized spacial score (nSPS) is 19.4. The molecule has 0 aliphatic carbocycles. The molecule has 0 spiro atoms. The van der Waals surface area contributed by atoms with E-state index in [9.17, 15) is 4.79 Å². The van der Waals surface area contributed by atoms with Crippen molar-refractivity contribution in [3.63, 3.8) is 0 Å². The molecule has 1 aromatic rings. The van der Waals surface area contributed by atoms with Gasteiger partial charge in [0.25, 0.3) is 0 Å². The molecule has 2 N–H and O–H groups in total. The van der Waals surface area contributed by atoms with E-state index in [1.807, 2.05) is 32.0 Å². The van der Waals surface area contributed by atoms with Crippen molar-refractivity contribution in [3.05, 3.63) is 35.9 Å². The Morgan fingerprint density at radius 2 is 1.86 bits per heavy atom. The molecule has 2 amide bonds. The summed E-state index contributed by atoms with van der Waals surface area (Å²) in [6.45, 7) is 7.79. The molecule has 22 heavy (non-hydrogen) atoms. The van der Waals surface area contributed by atoms with Crippen molar-refractivity contribution < 1.29 is 14.3 Å². The second kappa shape index (κ2) is 7.61. The summed E-state index contributed by atoms with van der Waals surface area (Å²) in [4.78, 5) is 12.0. The summed E-state index contributed by atoms with van der Waals surface area (Å²) >= 11 is 0. The maximum atomic E-state index is 12.0. The number of urea groups is 1. The smallest absolute Gasteiger partial charge is 0.315 e. The van der Waals surface area contributed by atoms with Gasteiger partial charge in [-0.1, -0.05) is 37.3 Å². The number of carbonyl (C=O) groups is 1. The van der Waals surface area contributed by atoms with Crippen molar-refractivity contribution in [2.75, 3.05) is 19.8 Å². The van der Waals surface area contributed by atoms with Gasteiger partial charge in [-0.3, -0.25) is 0 Å². The summed E-state index contributed by atoms with van der Waals surface area (Å²) < 4.78 is 11.0. The molecule has 2 rings (SSSR count). The molecule has 1 aliphatic heterocycles. The third-order valence-electron chi connectivity index (χ3n) is 4.20. The Labute approximate surface area is 132 Å². The molecule has 1 fully saturated rings. The van der Waals surface area contributed by atoms with Crippen LogP contribution in [0.3, 0.4) is 0 Å². The molecule has 1 heterocycles. The molecule has 0 unspecified atom stereocenters. The van der Waals surface area contributed by atoms with Crippen molar-refractivity contribution in [2.45, 2.75) is 44.9 Å². The average Bonchev–Trinajstić information content (AvgIpc) is 2.94. The first-order valence-corrected chi connectivity index (χ1v) is 7.87. The molecular weight excluding hydrogens is 280 g/mol. The van der Waals surface area contributed by atoms with Gasteiger partial charge in [-0.25, -0.2) is 4.79 Å². The lowest BCUT2D eigenvalue weighted by atomic mass is 9.95.